The van der Waals surface area contributed by atoms with Crippen LogP contribution in [-0.2, 0) is 16.0 Å². The predicted octanol–water partition coefficient (Wildman–Crippen LogP) is 3.69. The first-order valence-electron chi connectivity index (χ1n) is 9.72. The van der Waals surface area contributed by atoms with Crippen molar-refractivity contribution in [2.24, 2.45) is 0 Å². The van der Waals surface area contributed by atoms with Gasteiger partial charge in [-0.2, -0.15) is 0 Å². The molecule has 0 bridgehead atoms. The van der Waals surface area contributed by atoms with Gasteiger partial charge >= 0.3 is 0 Å². The molecule has 1 unspecified atom stereocenters. The van der Waals surface area contributed by atoms with E-state index in [1.54, 1.807) is 25.1 Å². The van der Waals surface area contributed by atoms with Gasteiger partial charge in [0.05, 0.1) is 23.8 Å². The monoisotopic (exact) mass is 390 g/mol. The van der Waals surface area contributed by atoms with Crippen LogP contribution < -0.4 is 10.6 Å². The number of nitrogens with one attached hydrogen (secondary N) is 2. The number of nitrogens with zero attached hydrogens (tertiary/aromatic N) is 2. The van der Waals surface area contributed by atoms with Gasteiger partial charge in [-0.25, -0.2) is 0 Å². The summed E-state index contributed by atoms with van der Waals surface area (Å²) in [5.41, 5.74) is 3.43. The lowest BCUT2D eigenvalue weighted by Crippen LogP contribution is -2.43. The fourth-order valence-corrected chi connectivity index (χ4v) is 3.15. The maximum absolute atomic E-state index is 12.7. The number of likely N-dealkylation sites (N-methyl/N-ethyl adjacent to an activating group) is 1. The quantitative estimate of drug-likeness (QED) is 0.645. The summed E-state index contributed by atoms with van der Waals surface area (Å²) in [4.78, 5) is 31.2. The highest BCUT2D eigenvalue weighted by atomic mass is 16.2. The minimum atomic E-state index is -0.478. The SMILES string of the molecule is CCc1ccccc1NC(=O)CN(C)C(C)C(=O)Nc1cccc2ncccc12. The lowest BCUT2D eigenvalue weighted by Gasteiger charge is -2.23. The number of hydrogen-bond donors (Lipinski definition) is 2. The Hall–Kier alpha value is -3.25. The molecule has 2 aromatic carbocycles. The summed E-state index contributed by atoms with van der Waals surface area (Å²) >= 11 is 0. The minimum Gasteiger partial charge on any atom is -0.325 e. The van der Waals surface area contributed by atoms with Crippen molar-refractivity contribution in [3.63, 3.8) is 0 Å². The molecule has 6 heteroatoms. The zero-order valence-corrected chi connectivity index (χ0v) is 17.0. The van der Waals surface area contributed by atoms with E-state index in [2.05, 4.69) is 15.6 Å². The van der Waals surface area contributed by atoms with Crippen molar-refractivity contribution in [2.75, 3.05) is 24.2 Å². The normalized spacial score (nSPS) is 12.0. The maximum atomic E-state index is 12.7. The molecule has 1 aromatic heterocycles. The molecule has 2 amide bonds. The van der Waals surface area contributed by atoms with Crippen LogP contribution in [0.3, 0.4) is 0 Å². The Labute approximate surface area is 170 Å². The topological polar surface area (TPSA) is 74.3 Å². The number of anilines is 2. The fourth-order valence-electron chi connectivity index (χ4n) is 3.15. The number of amides is 2. The summed E-state index contributed by atoms with van der Waals surface area (Å²) < 4.78 is 0. The van der Waals surface area contributed by atoms with Crippen molar-refractivity contribution in [3.05, 3.63) is 66.4 Å². The summed E-state index contributed by atoms with van der Waals surface area (Å²) in [6, 6.07) is 16.6. The highest BCUT2D eigenvalue weighted by molar-refractivity contribution is 6.03. The Balaban J connectivity index is 1.62. The molecule has 0 aliphatic rings. The summed E-state index contributed by atoms with van der Waals surface area (Å²) in [5, 5.41) is 6.78. The number of para-hydroxylation sites is 1. The van der Waals surface area contributed by atoms with Crippen molar-refractivity contribution in [2.45, 2.75) is 26.3 Å². The van der Waals surface area contributed by atoms with E-state index in [0.29, 0.717) is 5.69 Å². The van der Waals surface area contributed by atoms with E-state index in [0.717, 1.165) is 28.6 Å². The summed E-state index contributed by atoms with van der Waals surface area (Å²) in [7, 11) is 1.76. The Morgan fingerprint density at radius 2 is 1.76 bits per heavy atom. The highest BCUT2D eigenvalue weighted by Gasteiger charge is 2.21. The first kappa shape index (κ1) is 20.5. The van der Waals surface area contributed by atoms with Crippen molar-refractivity contribution < 1.29 is 9.59 Å². The second-order valence-electron chi connectivity index (χ2n) is 7.01. The molecule has 0 radical (unpaired) electrons. The average molecular weight is 390 g/mol. The Kier molecular flexibility index (Phi) is 6.57. The standard InChI is InChI=1S/C23H26N4O2/c1-4-17-9-5-6-11-19(17)25-22(28)15-27(3)16(2)23(29)26-21-13-7-12-20-18(21)10-8-14-24-20/h5-14,16H,4,15H2,1-3H3,(H,25,28)(H,26,29). The zero-order chi connectivity index (χ0) is 20.8. The largest absolute Gasteiger partial charge is 0.325 e. The molecule has 29 heavy (non-hydrogen) atoms. The Morgan fingerprint density at radius 3 is 2.55 bits per heavy atom. The lowest BCUT2D eigenvalue weighted by molar-refractivity contribution is -0.122. The molecule has 2 N–H and O–H groups in total. The van der Waals surface area contributed by atoms with Crippen molar-refractivity contribution >= 4 is 34.1 Å². The number of benzene rings is 2. The van der Waals surface area contributed by atoms with Gasteiger partial charge in [-0.05, 0) is 56.3 Å². The van der Waals surface area contributed by atoms with E-state index >= 15 is 0 Å². The molecule has 0 spiro atoms. The molecule has 0 fully saturated rings. The predicted molar refractivity (Wildman–Crippen MR) is 117 cm³/mol. The molecule has 1 heterocycles. The third kappa shape index (κ3) is 4.97. The van der Waals surface area contributed by atoms with Gasteiger partial charge in [-0.3, -0.25) is 19.5 Å². The van der Waals surface area contributed by atoms with Crippen LogP contribution >= 0.6 is 0 Å². The average Bonchev–Trinajstić information content (AvgIpc) is 2.73. The number of aryl methyl sites for hydroxylation is 1. The van der Waals surface area contributed by atoms with Gasteiger partial charge in [-0.15, -0.1) is 0 Å². The van der Waals surface area contributed by atoms with Crippen molar-refractivity contribution in [1.82, 2.24) is 9.88 Å². The second-order valence-corrected chi connectivity index (χ2v) is 7.01. The van der Waals surface area contributed by atoms with Crippen molar-refractivity contribution in [3.8, 4) is 0 Å². The molecule has 3 aromatic rings. The van der Waals surface area contributed by atoms with E-state index in [1.165, 1.54) is 0 Å². The van der Waals surface area contributed by atoms with Crippen molar-refractivity contribution in [1.29, 1.82) is 0 Å². The summed E-state index contributed by atoms with van der Waals surface area (Å²) in [6.45, 7) is 3.95. The number of hydrogen-bond acceptors (Lipinski definition) is 4. The molecule has 150 valence electrons. The number of carbonyl (C=O) groups is 2. The van der Waals surface area contributed by atoms with Crippen LogP contribution in [0.15, 0.2) is 60.8 Å². The fraction of sp³-hybridized carbons (Fsp3) is 0.261. The molecule has 3 rings (SSSR count). The van der Waals surface area contributed by atoms with Gasteiger partial charge in [0.15, 0.2) is 0 Å². The second kappa shape index (κ2) is 9.30. The molecule has 6 nitrogen and oxygen atoms in total. The Bertz CT molecular complexity index is 1010. The molecular formula is C23H26N4O2. The van der Waals surface area contributed by atoms with Gasteiger partial charge in [0.25, 0.3) is 0 Å². The van der Waals surface area contributed by atoms with Crippen LogP contribution in [-0.4, -0.2) is 41.3 Å². The lowest BCUT2D eigenvalue weighted by atomic mass is 10.1. The third-order valence-corrected chi connectivity index (χ3v) is 5.01. The summed E-state index contributed by atoms with van der Waals surface area (Å²) in [6.07, 6.45) is 2.56. The van der Waals surface area contributed by atoms with E-state index in [9.17, 15) is 9.59 Å². The molecular weight excluding hydrogens is 364 g/mol. The van der Waals surface area contributed by atoms with Gasteiger partial charge in [-0.1, -0.05) is 31.2 Å². The Morgan fingerprint density at radius 1 is 1.00 bits per heavy atom. The number of carbonyl (C=O) groups excluding carboxylic acids is 2. The third-order valence-electron chi connectivity index (χ3n) is 5.01. The van der Waals surface area contributed by atoms with Gasteiger partial charge in [0, 0.05) is 17.3 Å². The minimum absolute atomic E-state index is 0.115. The molecule has 1 atom stereocenters. The van der Waals surface area contributed by atoms with Crippen LogP contribution in [0.1, 0.15) is 19.4 Å². The summed E-state index contributed by atoms with van der Waals surface area (Å²) in [5.74, 6) is -0.326. The maximum Gasteiger partial charge on any atom is 0.241 e. The number of aromatic nitrogens is 1. The molecule has 0 aliphatic carbocycles. The van der Waals surface area contributed by atoms with E-state index in [1.807, 2.05) is 61.5 Å². The van der Waals surface area contributed by atoms with Crippen LogP contribution in [0.25, 0.3) is 10.9 Å². The van der Waals surface area contributed by atoms with Crippen LogP contribution in [0.4, 0.5) is 11.4 Å². The molecule has 0 saturated heterocycles. The number of rotatable bonds is 7. The van der Waals surface area contributed by atoms with E-state index in [-0.39, 0.29) is 18.4 Å². The van der Waals surface area contributed by atoms with Crippen LogP contribution in [0.2, 0.25) is 0 Å². The van der Waals surface area contributed by atoms with E-state index in [4.69, 9.17) is 0 Å². The smallest absolute Gasteiger partial charge is 0.241 e. The molecule has 0 saturated carbocycles. The number of pyridine rings is 1. The first-order valence-corrected chi connectivity index (χ1v) is 9.72. The first-order chi connectivity index (χ1) is 14.0. The zero-order valence-electron chi connectivity index (χ0n) is 17.0. The van der Waals surface area contributed by atoms with Crippen LogP contribution in [0, 0.1) is 0 Å². The number of fused-ring (bicyclic) bond motifs is 1. The van der Waals surface area contributed by atoms with Gasteiger partial charge in [0.2, 0.25) is 11.8 Å². The highest BCUT2D eigenvalue weighted by Crippen LogP contribution is 2.21. The van der Waals surface area contributed by atoms with Crippen LogP contribution in [0.5, 0.6) is 0 Å². The molecule has 0 aliphatic heterocycles. The van der Waals surface area contributed by atoms with Gasteiger partial charge < -0.3 is 10.6 Å². The van der Waals surface area contributed by atoms with E-state index < -0.39 is 6.04 Å². The van der Waals surface area contributed by atoms with Gasteiger partial charge in [0.1, 0.15) is 0 Å².